The monoisotopic (exact) mass is 144 g/mol. The van der Waals surface area contributed by atoms with Gasteiger partial charge < -0.3 is 5.32 Å². The SMILES string of the molecule is CC1(CCl)C=CNC=N1. The summed E-state index contributed by atoms with van der Waals surface area (Å²) in [6.45, 7) is 1.98. The molecule has 0 aromatic carbocycles. The van der Waals surface area contributed by atoms with Crippen LogP contribution in [0.1, 0.15) is 6.92 Å². The molecular formula is C6H9ClN2. The number of rotatable bonds is 1. The molecule has 0 saturated heterocycles. The molecule has 0 aromatic rings. The van der Waals surface area contributed by atoms with Crippen molar-refractivity contribution >= 4 is 17.9 Å². The van der Waals surface area contributed by atoms with Gasteiger partial charge in [0.1, 0.15) is 0 Å². The average molecular weight is 145 g/mol. The Kier molecular flexibility index (Phi) is 1.76. The molecule has 0 bridgehead atoms. The van der Waals surface area contributed by atoms with Crippen molar-refractivity contribution in [2.24, 2.45) is 4.99 Å². The van der Waals surface area contributed by atoms with Crippen LogP contribution < -0.4 is 5.32 Å². The van der Waals surface area contributed by atoms with E-state index in [2.05, 4.69) is 10.3 Å². The molecule has 50 valence electrons. The molecule has 3 heteroatoms. The second kappa shape index (κ2) is 2.40. The van der Waals surface area contributed by atoms with Gasteiger partial charge in [-0.15, -0.1) is 11.6 Å². The number of aliphatic imine (C=N–C) groups is 1. The molecule has 0 fully saturated rings. The van der Waals surface area contributed by atoms with E-state index in [9.17, 15) is 0 Å². The second-order valence-corrected chi connectivity index (χ2v) is 2.52. The first-order valence-corrected chi connectivity index (χ1v) is 3.34. The maximum absolute atomic E-state index is 5.63. The number of nitrogens with zero attached hydrogens (tertiary/aromatic N) is 1. The van der Waals surface area contributed by atoms with Gasteiger partial charge in [-0.1, -0.05) is 0 Å². The predicted octanol–water partition coefficient (Wildman–Crippen LogP) is 1.13. The smallest absolute Gasteiger partial charge is 0.0928 e. The van der Waals surface area contributed by atoms with Gasteiger partial charge in [0.2, 0.25) is 0 Å². The number of hydrogen-bond acceptors (Lipinski definition) is 2. The minimum Gasteiger partial charge on any atom is -0.353 e. The third-order valence-corrected chi connectivity index (χ3v) is 1.78. The van der Waals surface area contributed by atoms with Crippen LogP contribution in [0.25, 0.3) is 0 Å². The van der Waals surface area contributed by atoms with Crippen molar-refractivity contribution in [1.29, 1.82) is 0 Å². The predicted molar refractivity (Wildman–Crippen MR) is 39.9 cm³/mol. The van der Waals surface area contributed by atoms with Crippen LogP contribution in [0.15, 0.2) is 17.3 Å². The van der Waals surface area contributed by atoms with E-state index in [-0.39, 0.29) is 5.54 Å². The fraction of sp³-hybridized carbons (Fsp3) is 0.500. The van der Waals surface area contributed by atoms with Gasteiger partial charge in [0, 0.05) is 6.20 Å². The molecule has 0 spiro atoms. The summed E-state index contributed by atoms with van der Waals surface area (Å²) in [5, 5.41) is 2.84. The van der Waals surface area contributed by atoms with Crippen molar-refractivity contribution in [1.82, 2.24) is 5.32 Å². The molecule has 1 heterocycles. The van der Waals surface area contributed by atoms with Gasteiger partial charge in [-0.05, 0) is 13.0 Å². The third kappa shape index (κ3) is 1.45. The summed E-state index contributed by atoms with van der Waals surface area (Å²) >= 11 is 5.63. The van der Waals surface area contributed by atoms with E-state index in [4.69, 9.17) is 11.6 Å². The van der Waals surface area contributed by atoms with Crippen molar-refractivity contribution < 1.29 is 0 Å². The standard InChI is InChI=1S/C6H9ClN2/c1-6(4-7)2-3-8-5-9-6/h2-3,5H,4H2,1H3,(H,8,9). The largest absolute Gasteiger partial charge is 0.353 e. The molecule has 0 saturated carbocycles. The van der Waals surface area contributed by atoms with Crippen molar-refractivity contribution in [3.8, 4) is 0 Å². The van der Waals surface area contributed by atoms with Crippen LogP contribution >= 0.6 is 11.6 Å². The van der Waals surface area contributed by atoms with Gasteiger partial charge >= 0.3 is 0 Å². The minimum atomic E-state index is -0.188. The van der Waals surface area contributed by atoms with Crippen molar-refractivity contribution in [3.05, 3.63) is 12.3 Å². The summed E-state index contributed by atoms with van der Waals surface area (Å²) < 4.78 is 0. The molecule has 1 atom stereocenters. The maximum Gasteiger partial charge on any atom is 0.0928 e. The second-order valence-electron chi connectivity index (χ2n) is 2.25. The zero-order chi connectivity index (χ0) is 6.74. The molecule has 9 heavy (non-hydrogen) atoms. The van der Waals surface area contributed by atoms with Crippen LogP contribution in [-0.4, -0.2) is 17.8 Å². The number of nitrogens with one attached hydrogen (secondary N) is 1. The fourth-order valence-electron chi connectivity index (χ4n) is 0.577. The third-order valence-electron chi connectivity index (χ3n) is 1.24. The van der Waals surface area contributed by atoms with Crippen molar-refractivity contribution in [2.75, 3.05) is 5.88 Å². The zero-order valence-corrected chi connectivity index (χ0v) is 6.02. The average Bonchev–Trinajstić information content (AvgIpc) is 1.90. The maximum atomic E-state index is 5.63. The molecule has 1 aliphatic rings. The highest BCUT2D eigenvalue weighted by atomic mass is 35.5. The topological polar surface area (TPSA) is 24.4 Å². The number of hydrogen-bond donors (Lipinski definition) is 1. The molecule has 1 N–H and O–H groups in total. The molecule has 1 rings (SSSR count). The van der Waals surface area contributed by atoms with Crippen molar-refractivity contribution in [3.63, 3.8) is 0 Å². The van der Waals surface area contributed by atoms with Crippen molar-refractivity contribution in [2.45, 2.75) is 12.5 Å². The van der Waals surface area contributed by atoms with E-state index in [1.807, 2.05) is 19.2 Å². The van der Waals surface area contributed by atoms with Gasteiger partial charge in [-0.2, -0.15) is 0 Å². The van der Waals surface area contributed by atoms with Crippen LogP contribution in [0.4, 0.5) is 0 Å². The molecule has 1 aliphatic heterocycles. The summed E-state index contributed by atoms with van der Waals surface area (Å²) in [4.78, 5) is 4.12. The Morgan fingerprint density at radius 1 is 1.78 bits per heavy atom. The molecule has 2 nitrogen and oxygen atoms in total. The summed E-state index contributed by atoms with van der Waals surface area (Å²) in [5.74, 6) is 0.529. The van der Waals surface area contributed by atoms with E-state index < -0.39 is 0 Å². The first-order chi connectivity index (χ1) is 4.27. The highest BCUT2D eigenvalue weighted by molar-refractivity contribution is 6.18. The Morgan fingerprint density at radius 2 is 2.56 bits per heavy atom. The lowest BCUT2D eigenvalue weighted by Gasteiger charge is -2.19. The molecule has 0 aromatic heterocycles. The Hall–Kier alpha value is -0.500. The van der Waals surface area contributed by atoms with Crippen LogP contribution in [0, 0.1) is 0 Å². The Labute approximate surface area is 59.6 Å². The van der Waals surface area contributed by atoms with Gasteiger partial charge in [-0.3, -0.25) is 4.99 Å². The normalized spacial score (nSPS) is 32.2. The van der Waals surface area contributed by atoms with Gasteiger partial charge in [0.25, 0.3) is 0 Å². The zero-order valence-electron chi connectivity index (χ0n) is 5.26. The van der Waals surface area contributed by atoms with Crippen LogP contribution in [0.5, 0.6) is 0 Å². The Bertz CT molecular complexity index is 139. The van der Waals surface area contributed by atoms with Crippen LogP contribution in [-0.2, 0) is 0 Å². The lowest BCUT2D eigenvalue weighted by molar-refractivity contribution is 0.654. The van der Waals surface area contributed by atoms with Gasteiger partial charge in [-0.25, -0.2) is 0 Å². The summed E-state index contributed by atoms with van der Waals surface area (Å²) in [7, 11) is 0. The Balaban J connectivity index is 2.67. The first kappa shape index (κ1) is 6.62. The van der Waals surface area contributed by atoms with Crippen LogP contribution in [0.2, 0.25) is 0 Å². The highest BCUT2D eigenvalue weighted by Crippen LogP contribution is 2.14. The summed E-state index contributed by atoms with van der Waals surface area (Å²) in [6.07, 6.45) is 5.44. The van der Waals surface area contributed by atoms with Gasteiger partial charge in [0.05, 0.1) is 17.8 Å². The lowest BCUT2D eigenvalue weighted by Crippen LogP contribution is -2.26. The summed E-state index contributed by atoms with van der Waals surface area (Å²) in [5.41, 5.74) is -0.188. The van der Waals surface area contributed by atoms with E-state index >= 15 is 0 Å². The van der Waals surface area contributed by atoms with Crippen LogP contribution in [0.3, 0.4) is 0 Å². The molecular weight excluding hydrogens is 136 g/mol. The molecule has 0 radical (unpaired) electrons. The van der Waals surface area contributed by atoms with Gasteiger partial charge in [0.15, 0.2) is 0 Å². The molecule has 1 unspecified atom stereocenters. The number of halogens is 1. The van der Waals surface area contributed by atoms with E-state index in [0.29, 0.717) is 5.88 Å². The highest BCUT2D eigenvalue weighted by Gasteiger charge is 2.17. The molecule has 0 amide bonds. The number of alkyl halides is 1. The quantitative estimate of drug-likeness (QED) is 0.549. The van der Waals surface area contributed by atoms with E-state index in [1.54, 1.807) is 6.34 Å². The Morgan fingerprint density at radius 3 is 2.89 bits per heavy atom. The first-order valence-electron chi connectivity index (χ1n) is 2.80. The lowest BCUT2D eigenvalue weighted by atomic mass is 10.1. The molecule has 0 aliphatic carbocycles. The fourth-order valence-corrected chi connectivity index (χ4v) is 0.736. The van der Waals surface area contributed by atoms with E-state index in [1.165, 1.54) is 0 Å². The minimum absolute atomic E-state index is 0.188. The van der Waals surface area contributed by atoms with E-state index in [0.717, 1.165) is 0 Å². The summed E-state index contributed by atoms with van der Waals surface area (Å²) in [6, 6.07) is 0.